The fraction of sp³-hybridized carbons (Fsp3) is 0.588. The summed E-state index contributed by atoms with van der Waals surface area (Å²) in [4.78, 5) is 11.6. The number of nitrogens with one attached hydrogen (secondary N) is 1. The predicted molar refractivity (Wildman–Crippen MR) is 93.2 cm³/mol. The number of aliphatic carboxylic acids is 1. The second kappa shape index (κ2) is 8.62. The average molecular weight is 334 g/mol. The van der Waals surface area contributed by atoms with Crippen molar-refractivity contribution in [2.45, 2.75) is 56.5 Å². The summed E-state index contributed by atoms with van der Waals surface area (Å²) in [6.07, 6.45) is 3.29. The maximum absolute atomic E-state index is 11.6. The summed E-state index contributed by atoms with van der Waals surface area (Å²) in [5.74, 6) is -0.999. The van der Waals surface area contributed by atoms with Crippen molar-refractivity contribution in [2.75, 3.05) is 0 Å². The molecule has 0 aromatic heterocycles. The predicted octanol–water partition coefficient (Wildman–Crippen LogP) is 0.980. The van der Waals surface area contributed by atoms with Gasteiger partial charge < -0.3 is 26.2 Å². The highest BCUT2D eigenvalue weighted by Crippen LogP contribution is 2.38. The van der Waals surface area contributed by atoms with Gasteiger partial charge in [0.15, 0.2) is 0 Å². The molecule has 2 rings (SSSR count). The third-order valence-corrected chi connectivity index (χ3v) is 5.01. The molecular formula is C17H27BN2O4. The van der Waals surface area contributed by atoms with Gasteiger partial charge >= 0.3 is 13.1 Å². The van der Waals surface area contributed by atoms with Crippen LogP contribution in [-0.4, -0.2) is 39.8 Å². The van der Waals surface area contributed by atoms with E-state index in [0.29, 0.717) is 25.3 Å². The van der Waals surface area contributed by atoms with E-state index < -0.39 is 18.6 Å². The second-order valence-electron chi connectivity index (χ2n) is 6.80. The lowest BCUT2D eigenvalue weighted by molar-refractivity contribution is -0.148. The molecule has 0 unspecified atom stereocenters. The molecule has 1 atom stereocenters. The molecule has 1 aliphatic rings. The van der Waals surface area contributed by atoms with Crippen molar-refractivity contribution in [2.24, 2.45) is 11.7 Å². The number of benzene rings is 1. The van der Waals surface area contributed by atoms with Crippen LogP contribution in [0.1, 0.15) is 37.7 Å². The molecule has 24 heavy (non-hydrogen) atoms. The van der Waals surface area contributed by atoms with E-state index in [2.05, 4.69) is 17.4 Å². The van der Waals surface area contributed by atoms with Gasteiger partial charge in [-0.25, -0.2) is 0 Å². The SMILES string of the molecule is N[C@@](CCCCB(O)O)(C(=O)O)C1CC(NCc2ccccc2)C1. The van der Waals surface area contributed by atoms with Crippen LogP contribution in [0.3, 0.4) is 0 Å². The Hall–Kier alpha value is -1.41. The molecule has 132 valence electrons. The Bertz CT molecular complexity index is 523. The van der Waals surface area contributed by atoms with Crippen LogP contribution in [-0.2, 0) is 11.3 Å². The first-order valence-electron chi connectivity index (χ1n) is 8.57. The number of rotatable bonds is 10. The molecule has 0 saturated heterocycles. The van der Waals surface area contributed by atoms with E-state index in [4.69, 9.17) is 15.8 Å². The highest BCUT2D eigenvalue weighted by molar-refractivity contribution is 6.40. The third-order valence-electron chi connectivity index (χ3n) is 5.01. The van der Waals surface area contributed by atoms with Gasteiger partial charge in [0.25, 0.3) is 0 Å². The zero-order valence-corrected chi connectivity index (χ0v) is 13.9. The van der Waals surface area contributed by atoms with Gasteiger partial charge in [-0.2, -0.15) is 0 Å². The summed E-state index contributed by atoms with van der Waals surface area (Å²) in [5, 5.41) is 30.7. The molecule has 1 fully saturated rings. The van der Waals surface area contributed by atoms with E-state index in [-0.39, 0.29) is 12.2 Å². The number of carboxylic acids is 1. The Kier molecular flexibility index (Phi) is 6.80. The third kappa shape index (κ3) is 5.04. The molecule has 1 saturated carbocycles. The average Bonchev–Trinajstić information content (AvgIpc) is 2.50. The van der Waals surface area contributed by atoms with Crippen LogP contribution in [0, 0.1) is 5.92 Å². The van der Waals surface area contributed by atoms with E-state index in [1.165, 1.54) is 5.56 Å². The molecule has 1 aromatic carbocycles. The van der Waals surface area contributed by atoms with Crippen molar-refractivity contribution in [1.29, 1.82) is 0 Å². The van der Waals surface area contributed by atoms with Gasteiger partial charge in [0.1, 0.15) is 5.54 Å². The molecule has 0 bridgehead atoms. The molecule has 0 heterocycles. The Morgan fingerprint density at radius 2 is 1.92 bits per heavy atom. The second-order valence-corrected chi connectivity index (χ2v) is 6.80. The van der Waals surface area contributed by atoms with Gasteiger partial charge in [-0.05, 0) is 37.1 Å². The first-order valence-corrected chi connectivity index (χ1v) is 8.57. The monoisotopic (exact) mass is 334 g/mol. The number of carbonyl (C=O) groups is 1. The Morgan fingerprint density at radius 1 is 1.25 bits per heavy atom. The Balaban J connectivity index is 1.76. The fourth-order valence-electron chi connectivity index (χ4n) is 3.29. The van der Waals surface area contributed by atoms with E-state index in [9.17, 15) is 9.90 Å². The van der Waals surface area contributed by atoms with Gasteiger partial charge in [0.05, 0.1) is 0 Å². The van der Waals surface area contributed by atoms with Crippen molar-refractivity contribution >= 4 is 13.1 Å². The van der Waals surface area contributed by atoms with Crippen molar-refractivity contribution in [1.82, 2.24) is 5.32 Å². The van der Waals surface area contributed by atoms with Crippen LogP contribution in [0.25, 0.3) is 0 Å². The maximum atomic E-state index is 11.6. The number of hydrogen-bond acceptors (Lipinski definition) is 5. The highest BCUT2D eigenvalue weighted by atomic mass is 16.4. The van der Waals surface area contributed by atoms with Crippen LogP contribution in [0.5, 0.6) is 0 Å². The molecule has 6 N–H and O–H groups in total. The van der Waals surface area contributed by atoms with Crippen LogP contribution in [0.2, 0.25) is 6.32 Å². The van der Waals surface area contributed by atoms with E-state index in [1.54, 1.807) is 0 Å². The van der Waals surface area contributed by atoms with E-state index in [0.717, 1.165) is 19.4 Å². The molecule has 0 aliphatic heterocycles. The molecule has 6 nitrogen and oxygen atoms in total. The Labute approximate surface area is 143 Å². The minimum absolute atomic E-state index is 0.0395. The van der Waals surface area contributed by atoms with Gasteiger partial charge in [0.2, 0.25) is 0 Å². The van der Waals surface area contributed by atoms with Gasteiger partial charge in [-0.15, -0.1) is 0 Å². The standard InChI is InChI=1S/C17H27BN2O4/c19-17(16(21)22,8-4-5-9-18(23)24)14-10-15(11-14)20-12-13-6-2-1-3-7-13/h1-3,6-7,14-15,20,23-24H,4-5,8-12,19H2,(H,21,22)/t14?,15?,17-/m1/s1. The minimum Gasteiger partial charge on any atom is -0.480 e. The summed E-state index contributed by atoms with van der Waals surface area (Å²) in [7, 11) is -1.34. The summed E-state index contributed by atoms with van der Waals surface area (Å²) >= 11 is 0. The number of nitrogens with two attached hydrogens (primary N) is 1. The van der Waals surface area contributed by atoms with Crippen LogP contribution >= 0.6 is 0 Å². The summed E-state index contributed by atoms with van der Waals surface area (Å²) in [5.41, 5.74) is 6.17. The Morgan fingerprint density at radius 3 is 2.50 bits per heavy atom. The summed E-state index contributed by atoms with van der Waals surface area (Å²) in [6, 6.07) is 10.4. The largest absolute Gasteiger partial charge is 0.480 e. The fourth-order valence-corrected chi connectivity index (χ4v) is 3.29. The lowest BCUT2D eigenvalue weighted by atomic mass is 9.66. The van der Waals surface area contributed by atoms with Gasteiger partial charge in [-0.3, -0.25) is 4.79 Å². The van der Waals surface area contributed by atoms with Crippen molar-refractivity contribution < 1.29 is 19.9 Å². The number of unbranched alkanes of at least 4 members (excludes halogenated alkanes) is 1. The molecule has 7 heteroatoms. The smallest absolute Gasteiger partial charge is 0.451 e. The zero-order valence-electron chi connectivity index (χ0n) is 13.9. The first-order chi connectivity index (χ1) is 11.4. The van der Waals surface area contributed by atoms with E-state index >= 15 is 0 Å². The topological polar surface area (TPSA) is 116 Å². The normalized spacial score (nSPS) is 22.5. The number of carboxylic acid groups (broad SMARTS) is 1. The first kappa shape index (κ1) is 18.9. The number of hydrogen-bond donors (Lipinski definition) is 5. The molecule has 0 radical (unpaired) electrons. The van der Waals surface area contributed by atoms with Gasteiger partial charge in [-0.1, -0.05) is 43.2 Å². The summed E-state index contributed by atoms with van der Waals surface area (Å²) < 4.78 is 0. The lowest BCUT2D eigenvalue weighted by Crippen LogP contribution is -2.61. The zero-order chi connectivity index (χ0) is 17.6. The maximum Gasteiger partial charge on any atom is 0.451 e. The highest BCUT2D eigenvalue weighted by Gasteiger charge is 2.47. The van der Waals surface area contributed by atoms with E-state index in [1.807, 2.05) is 18.2 Å². The summed E-state index contributed by atoms with van der Waals surface area (Å²) in [6.45, 7) is 0.775. The van der Waals surface area contributed by atoms with Crippen molar-refractivity contribution in [3.8, 4) is 0 Å². The van der Waals surface area contributed by atoms with Gasteiger partial charge in [0, 0.05) is 12.6 Å². The van der Waals surface area contributed by atoms with Crippen molar-refractivity contribution in [3.63, 3.8) is 0 Å². The molecule has 1 aromatic rings. The molecule has 0 spiro atoms. The van der Waals surface area contributed by atoms with Crippen LogP contribution < -0.4 is 11.1 Å². The molecule has 1 aliphatic carbocycles. The van der Waals surface area contributed by atoms with Crippen molar-refractivity contribution in [3.05, 3.63) is 35.9 Å². The minimum atomic E-state index is -1.34. The van der Waals surface area contributed by atoms with Crippen LogP contribution in [0.4, 0.5) is 0 Å². The molecule has 0 amide bonds. The lowest BCUT2D eigenvalue weighted by Gasteiger charge is -2.45. The quantitative estimate of drug-likeness (QED) is 0.322. The molecular weight excluding hydrogens is 307 g/mol. The van der Waals surface area contributed by atoms with Crippen LogP contribution in [0.15, 0.2) is 30.3 Å².